The minimum atomic E-state index is -3.80. The first-order valence-corrected chi connectivity index (χ1v) is 5.41. The molecule has 0 spiro atoms. The second kappa shape index (κ2) is 3.11. The molecule has 5 heteroatoms. The maximum Gasteiger partial charge on any atom is 0.213 e. The lowest BCUT2D eigenvalue weighted by Gasteiger charge is -1.94. The van der Waals surface area contributed by atoms with Gasteiger partial charge in [-0.1, -0.05) is 18.1 Å². The van der Waals surface area contributed by atoms with Crippen LogP contribution >= 0.6 is 0 Å². The highest BCUT2D eigenvalue weighted by Gasteiger charge is 2.10. The Balaban J connectivity index is 2.81. The molecule has 0 aliphatic carbocycles. The van der Waals surface area contributed by atoms with Crippen LogP contribution in [0.1, 0.15) is 11.0 Å². The largest absolute Gasteiger partial charge is 0.464 e. The van der Waals surface area contributed by atoms with E-state index in [2.05, 4.69) is 0 Å². The molecule has 0 fully saturated rings. The van der Waals surface area contributed by atoms with Gasteiger partial charge >= 0.3 is 0 Å². The summed E-state index contributed by atoms with van der Waals surface area (Å²) in [6.45, 7) is 0. The number of rotatable bonds is 2. The topological polar surface area (TPSA) is 73.3 Å². The Morgan fingerprint density at radius 1 is 1.43 bits per heavy atom. The van der Waals surface area contributed by atoms with Gasteiger partial charge in [-0.15, -0.1) is 0 Å². The minimum absolute atomic E-state index is 0.0509. The molecule has 0 atom stereocenters. The zero-order valence-electron chi connectivity index (χ0n) is 11.0. The fourth-order valence-corrected chi connectivity index (χ4v) is 1.77. The number of fused-ring (bicyclic) bond motifs is 1. The maximum atomic E-state index is 11.0. The Labute approximate surface area is 87.0 Å². The monoisotopic (exact) mass is 215 g/mol. The van der Waals surface area contributed by atoms with E-state index >= 15 is 0 Å². The number of para-hydroxylation sites is 1. The minimum Gasteiger partial charge on any atom is -0.464 e. The third-order valence-corrected chi connectivity index (χ3v) is 2.36. The molecule has 2 N–H and O–H groups in total. The van der Waals surface area contributed by atoms with Gasteiger partial charge < -0.3 is 4.42 Å². The third-order valence-electron chi connectivity index (χ3n) is 1.65. The van der Waals surface area contributed by atoms with Crippen molar-refractivity contribution in [1.82, 2.24) is 0 Å². The van der Waals surface area contributed by atoms with E-state index in [1.54, 1.807) is 0 Å². The van der Waals surface area contributed by atoms with Crippen molar-refractivity contribution in [3.63, 3.8) is 0 Å². The van der Waals surface area contributed by atoms with Crippen LogP contribution in [0.25, 0.3) is 11.0 Å². The molecule has 0 aliphatic heterocycles. The Morgan fingerprint density at radius 2 is 2.14 bits per heavy atom. The molecule has 2 aromatic rings. The average molecular weight is 215 g/mol. The third kappa shape index (κ3) is 1.78. The van der Waals surface area contributed by atoms with Crippen LogP contribution in [0.5, 0.6) is 0 Å². The fraction of sp³-hybridized carbons (Fsp3) is 0.111. The molecule has 0 unspecified atom stereocenters. The van der Waals surface area contributed by atoms with Gasteiger partial charge in [-0.25, -0.2) is 13.6 Å². The first kappa shape index (κ1) is 5.53. The van der Waals surface area contributed by atoms with Crippen LogP contribution in [0.15, 0.2) is 34.8 Å². The molecule has 0 saturated heterocycles. The normalized spacial score (nSPS) is 16.1. The highest BCUT2D eigenvalue weighted by molar-refractivity contribution is 7.88. The summed E-state index contributed by atoms with van der Waals surface area (Å²) in [6, 6.07) is -1.54. The molecule has 4 nitrogen and oxygen atoms in total. The molecule has 0 bridgehead atoms. The molecule has 1 aromatic carbocycles. The lowest BCUT2D eigenvalue weighted by molar-refractivity contribution is 0.593. The lowest BCUT2D eigenvalue weighted by Crippen LogP contribution is -2.14. The first-order valence-electron chi connectivity index (χ1n) is 5.69. The lowest BCUT2D eigenvalue weighted by atomic mass is 10.2. The summed E-state index contributed by atoms with van der Waals surface area (Å²) in [4.78, 5) is 0. The fourth-order valence-electron chi connectivity index (χ4n) is 1.13. The highest BCUT2D eigenvalue weighted by atomic mass is 32.2. The smallest absolute Gasteiger partial charge is 0.213 e. The van der Waals surface area contributed by atoms with Crippen molar-refractivity contribution < 1.29 is 18.3 Å². The predicted octanol–water partition coefficient (Wildman–Crippen LogP) is 1.22. The van der Waals surface area contributed by atoms with E-state index in [0.717, 1.165) is 6.26 Å². The first-order chi connectivity index (χ1) is 8.22. The SMILES string of the molecule is [2H]c1c([2H])c([2H])c2c(CS(N)(=O)=O)coc2c1[2H]. The molecule has 0 saturated carbocycles. The Bertz CT molecular complexity index is 738. The molecular weight excluding hydrogens is 202 g/mol. The standard InChI is InChI=1S/C9H9NO3S/c10-14(11,12)6-7-5-13-9-4-2-1-3-8(7)9/h1-5H,6H2,(H2,10,11,12)/i1D,2D,3D,4D. The molecule has 14 heavy (non-hydrogen) atoms. The van der Waals surface area contributed by atoms with Crippen molar-refractivity contribution in [3.05, 3.63) is 36.0 Å². The molecular formula is C9H9NO3S. The van der Waals surface area contributed by atoms with Crippen LogP contribution in [0.2, 0.25) is 0 Å². The van der Waals surface area contributed by atoms with Crippen molar-refractivity contribution in [2.24, 2.45) is 5.14 Å². The van der Waals surface area contributed by atoms with E-state index in [1.165, 1.54) is 0 Å². The van der Waals surface area contributed by atoms with E-state index in [9.17, 15) is 8.42 Å². The van der Waals surface area contributed by atoms with Gasteiger partial charge in [0.1, 0.15) is 5.58 Å². The van der Waals surface area contributed by atoms with Crippen LogP contribution in [-0.2, 0) is 15.8 Å². The molecule has 0 aliphatic rings. The van der Waals surface area contributed by atoms with Crippen molar-refractivity contribution in [2.75, 3.05) is 0 Å². The molecule has 74 valence electrons. The van der Waals surface area contributed by atoms with Gasteiger partial charge in [-0.05, 0) is 6.04 Å². The molecule has 1 heterocycles. The summed E-state index contributed by atoms with van der Waals surface area (Å²) in [5.41, 5.74) is 0.0548. The van der Waals surface area contributed by atoms with Crippen molar-refractivity contribution in [3.8, 4) is 0 Å². The Morgan fingerprint density at radius 3 is 2.86 bits per heavy atom. The summed E-state index contributed by atoms with van der Waals surface area (Å²) in [5.74, 6) is -0.540. The van der Waals surface area contributed by atoms with E-state index in [0.29, 0.717) is 0 Å². The summed E-state index contributed by atoms with van der Waals surface area (Å²) in [5, 5.41) is 4.96. The van der Waals surface area contributed by atoms with Gasteiger partial charge in [0.2, 0.25) is 10.0 Å². The van der Waals surface area contributed by atoms with Crippen molar-refractivity contribution >= 4 is 21.0 Å². The number of hydrogen-bond acceptors (Lipinski definition) is 3. The van der Waals surface area contributed by atoms with E-state index in [1.807, 2.05) is 0 Å². The van der Waals surface area contributed by atoms with Crippen LogP contribution in [0.3, 0.4) is 0 Å². The number of primary sulfonamides is 1. The summed E-state index contributed by atoms with van der Waals surface area (Å²) < 4.78 is 57.4. The predicted molar refractivity (Wildman–Crippen MR) is 53.0 cm³/mol. The Hall–Kier alpha value is -1.33. The maximum absolute atomic E-state index is 11.0. The number of hydrogen-bond donors (Lipinski definition) is 1. The van der Waals surface area contributed by atoms with E-state index < -0.39 is 27.9 Å². The zero-order chi connectivity index (χ0) is 13.7. The second-order valence-electron chi connectivity index (χ2n) is 2.77. The van der Waals surface area contributed by atoms with Gasteiger partial charge in [0.15, 0.2) is 0 Å². The molecule has 2 rings (SSSR count). The Kier molecular flexibility index (Phi) is 1.23. The van der Waals surface area contributed by atoms with Gasteiger partial charge in [-0.2, -0.15) is 0 Å². The van der Waals surface area contributed by atoms with Crippen LogP contribution in [0.4, 0.5) is 0 Å². The van der Waals surface area contributed by atoms with Crippen molar-refractivity contribution in [2.45, 2.75) is 5.75 Å². The quantitative estimate of drug-likeness (QED) is 0.818. The molecule has 0 amide bonds. The molecule has 1 aromatic heterocycles. The number of benzene rings is 1. The van der Waals surface area contributed by atoms with Crippen LogP contribution in [0, 0.1) is 0 Å². The summed E-state index contributed by atoms with van der Waals surface area (Å²) in [7, 11) is -3.80. The van der Waals surface area contributed by atoms with E-state index in [4.69, 9.17) is 15.0 Å². The van der Waals surface area contributed by atoms with Gasteiger partial charge in [0.05, 0.1) is 17.5 Å². The van der Waals surface area contributed by atoms with Crippen LogP contribution in [-0.4, -0.2) is 8.42 Å². The average Bonchev–Trinajstić information content (AvgIpc) is 2.65. The zero-order valence-corrected chi connectivity index (χ0v) is 7.81. The number of sulfonamides is 1. The second-order valence-corrected chi connectivity index (χ2v) is 4.39. The summed E-state index contributed by atoms with van der Waals surface area (Å²) >= 11 is 0. The molecule has 0 radical (unpaired) electrons. The number of nitrogens with two attached hydrogens (primary N) is 1. The van der Waals surface area contributed by atoms with Gasteiger partial charge in [-0.3, -0.25) is 0 Å². The summed E-state index contributed by atoms with van der Waals surface area (Å²) in [6.07, 6.45) is 1.09. The van der Waals surface area contributed by atoms with Gasteiger partial charge in [0, 0.05) is 10.9 Å². The van der Waals surface area contributed by atoms with Gasteiger partial charge in [0.25, 0.3) is 0 Å². The van der Waals surface area contributed by atoms with Crippen LogP contribution < -0.4 is 5.14 Å². The van der Waals surface area contributed by atoms with Crippen molar-refractivity contribution in [1.29, 1.82) is 0 Å². The highest BCUT2D eigenvalue weighted by Crippen LogP contribution is 2.21. The number of furan rings is 1. The van der Waals surface area contributed by atoms with E-state index in [-0.39, 0.29) is 28.6 Å².